The van der Waals surface area contributed by atoms with E-state index < -0.39 is 0 Å². The lowest BCUT2D eigenvalue weighted by Gasteiger charge is -2.16. The van der Waals surface area contributed by atoms with Gasteiger partial charge in [0.2, 0.25) is 5.95 Å². The molecule has 1 aromatic carbocycles. The van der Waals surface area contributed by atoms with Gasteiger partial charge in [0.25, 0.3) is 5.91 Å². The predicted octanol–water partition coefficient (Wildman–Crippen LogP) is 2.02. The fourth-order valence-electron chi connectivity index (χ4n) is 2.88. The minimum atomic E-state index is -0.239. The Balaban J connectivity index is 1.69. The van der Waals surface area contributed by atoms with Crippen molar-refractivity contribution in [3.05, 3.63) is 41.7 Å². The second-order valence-corrected chi connectivity index (χ2v) is 5.77. The number of amides is 1. The predicted molar refractivity (Wildman–Crippen MR) is 94.2 cm³/mol. The van der Waals surface area contributed by atoms with Gasteiger partial charge in [0.1, 0.15) is 0 Å². The van der Waals surface area contributed by atoms with Gasteiger partial charge in [-0.15, -0.1) is 0 Å². The van der Waals surface area contributed by atoms with E-state index in [1.807, 2.05) is 6.07 Å². The number of carbonyl (C=O) groups excluding carboxylic acids is 1. The summed E-state index contributed by atoms with van der Waals surface area (Å²) in [5.74, 6) is 1.43. The van der Waals surface area contributed by atoms with E-state index in [2.05, 4.69) is 20.2 Å². The molecule has 1 aliphatic rings. The van der Waals surface area contributed by atoms with Crippen LogP contribution in [0.15, 0.2) is 30.5 Å². The molecule has 7 heteroatoms. The number of ether oxygens (including phenoxy) is 2. The second-order valence-electron chi connectivity index (χ2n) is 5.77. The van der Waals surface area contributed by atoms with Gasteiger partial charge in [0, 0.05) is 19.3 Å². The molecule has 0 bridgehead atoms. The van der Waals surface area contributed by atoms with Crippen molar-refractivity contribution in [2.45, 2.75) is 19.4 Å². The molecule has 1 amide bonds. The zero-order chi connectivity index (χ0) is 17.6. The van der Waals surface area contributed by atoms with E-state index in [-0.39, 0.29) is 5.91 Å². The van der Waals surface area contributed by atoms with E-state index >= 15 is 0 Å². The number of para-hydroxylation sites is 1. The van der Waals surface area contributed by atoms with E-state index in [1.54, 1.807) is 31.5 Å². The summed E-state index contributed by atoms with van der Waals surface area (Å²) in [6.45, 7) is 2.29. The molecule has 1 saturated heterocycles. The molecule has 25 heavy (non-hydrogen) atoms. The van der Waals surface area contributed by atoms with Crippen LogP contribution in [0.3, 0.4) is 0 Å². The van der Waals surface area contributed by atoms with Crippen LogP contribution in [0.4, 0.5) is 5.95 Å². The molecule has 1 aliphatic heterocycles. The van der Waals surface area contributed by atoms with Crippen molar-refractivity contribution in [1.82, 2.24) is 15.3 Å². The van der Waals surface area contributed by atoms with Gasteiger partial charge < -0.3 is 19.7 Å². The van der Waals surface area contributed by atoms with Crippen LogP contribution >= 0.6 is 0 Å². The third-order valence-corrected chi connectivity index (χ3v) is 4.17. The van der Waals surface area contributed by atoms with Crippen molar-refractivity contribution in [1.29, 1.82) is 0 Å². The molecular weight excluding hydrogens is 320 g/mol. The molecule has 132 valence electrons. The Morgan fingerprint density at radius 1 is 1.20 bits per heavy atom. The van der Waals surface area contributed by atoms with Crippen LogP contribution in [0.2, 0.25) is 0 Å². The monoisotopic (exact) mass is 342 g/mol. The number of hydrogen-bond donors (Lipinski definition) is 1. The van der Waals surface area contributed by atoms with Crippen LogP contribution in [0, 0.1) is 0 Å². The van der Waals surface area contributed by atoms with Gasteiger partial charge in [-0.3, -0.25) is 4.79 Å². The van der Waals surface area contributed by atoms with Crippen molar-refractivity contribution in [2.75, 3.05) is 32.2 Å². The first-order chi connectivity index (χ1) is 12.2. The minimum absolute atomic E-state index is 0.239. The van der Waals surface area contributed by atoms with Crippen molar-refractivity contribution in [2.24, 2.45) is 0 Å². The lowest BCUT2D eigenvalue weighted by atomic mass is 10.1. The fraction of sp³-hybridized carbons (Fsp3) is 0.389. The summed E-state index contributed by atoms with van der Waals surface area (Å²) in [6.07, 6.45) is 4.06. The normalized spacial score (nSPS) is 13.6. The number of anilines is 1. The molecule has 0 saturated carbocycles. The minimum Gasteiger partial charge on any atom is -0.493 e. The molecule has 0 spiro atoms. The third-order valence-electron chi connectivity index (χ3n) is 4.17. The fourth-order valence-corrected chi connectivity index (χ4v) is 2.88. The maximum Gasteiger partial charge on any atom is 0.255 e. The average molecular weight is 342 g/mol. The van der Waals surface area contributed by atoms with Gasteiger partial charge in [-0.2, -0.15) is 0 Å². The standard InChI is InChI=1S/C18H22N4O3/c1-24-15-7-5-6-14(16(15)25-2)17(23)20-12-13-8-9-19-18(21-13)22-10-3-4-11-22/h5-9H,3-4,10-12H2,1-2H3,(H,20,23). The number of benzene rings is 1. The highest BCUT2D eigenvalue weighted by Gasteiger charge is 2.17. The Morgan fingerprint density at radius 3 is 2.72 bits per heavy atom. The van der Waals surface area contributed by atoms with E-state index in [4.69, 9.17) is 9.47 Å². The highest BCUT2D eigenvalue weighted by Crippen LogP contribution is 2.30. The van der Waals surface area contributed by atoms with Gasteiger partial charge in [0.05, 0.1) is 32.0 Å². The second kappa shape index (κ2) is 7.83. The van der Waals surface area contributed by atoms with Crippen molar-refractivity contribution >= 4 is 11.9 Å². The molecule has 1 N–H and O–H groups in total. The van der Waals surface area contributed by atoms with E-state index in [0.717, 1.165) is 24.7 Å². The van der Waals surface area contributed by atoms with Gasteiger partial charge in [-0.25, -0.2) is 9.97 Å². The Morgan fingerprint density at radius 2 is 2.00 bits per heavy atom. The molecule has 2 heterocycles. The maximum absolute atomic E-state index is 12.5. The maximum atomic E-state index is 12.5. The number of methoxy groups -OCH3 is 2. The first-order valence-corrected chi connectivity index (χ1v) is 8.29. The SMILES string of the molecule is COc1cccc(C(=O)NCc2ccnc(N3CCCC3)n2)c1OC. The molecule has 0 aliphatic carbocycles. The van der Waals surface area contributed by atoms with E-state index in [0.29, 0.717) is 23.6 Å². The molecular formula is C18H22N4O3. The summed E-state index contributed by atoms with van der Waals surface area (Å²) in [5, 5.41) is 2.88. The van der Waals surface area contributed by atoms with Crippen LogP contribution in [-0.4, -0.2) is 43.2 Å². The zero-order valence-corrected chi connectivity index (χ0v) is 14.5. The average Bonchev–Trinajstić information content (AvgIpc) is 3.20. The van der Waals surface area contributed by atoms with Crippen LogP contribution in [0.1, 0.15) is 28.9 Å². The number of aromatic nitrogens is 2. The number of carbonyl (C=O) groups is 1. The summed E-state index contributed by atoms with van der Waals surface area (Å²) in [4.78, 5) is 23.5. The largest absolute Gasteiger partial charge is 0.493 e. The van der Waals surface area contributed by atoms with E-state index in [9.17, 15) is 4.79 Å². The summed E-state index contributed by atoms with van der Waals surface area (Å²) in [5.41, 5.74) is 1.20. The number of hydrogen-bond acceptors (Lipinski definition) is 6. The molecule has 0 atom stereocenters. The lowest BCUT2D eigenvalue weighted by Crippen LogP contribution is -2.25. The molecule has 1 aromatic heterocycles. The van der Waals surface area contributed by atoms with Crippen molar-refractivity contribution in [3.8, 4) is 11.5 Å². The van der Waals surface area contributed by atoms with Crippen LogP contribution < -0.4 is 19.7 Å². The van der Waals surface area contributed by atoms with Crippen LogP contribution in [0.25, 0.3) is 0 Å². The van der Waals surface area contributed by atoms with Gasteiger partial charge in [-0.05, 0) is 31.0 Å². The highest BCUT2D eigenvalue weighted by molar-refractivity contribution is 5.97. The Bertz CT molecular complexity index is 745. The van der Waals surface area contributed by atoms with Gasteiger partial charge in [0.15, 0.2) is 11.5 Å². The molecule has 2 aromatic rings. The third kappa shape index (κ3) is 3.81. The summed E-state index contributed by atoms with van der Waals surface area (Å²) in [6, 6.07) is 7.02. The molecule has 0 unspecified atom stereocenters. The number of rotatable bonds is 6. The molecule has 1 fully saturated rings. The van der Waals surface area contributed by atoms with Gasteiger partial charge >= 0.3 is 0 Å². The first kappa shape index (κ1) is 17.0. The summed E-state index contributed by atoms with van der Waals surface area (Å²) in [7, 11) is 3.06. The first-order valence-electron chi connectivity index (χ1n) is 8.29. The summed E-state index contributed by atoms with van der Waals surface area (Å²) < 4.78 is 10.5. The molecule has 3 rings (SSSR count). The van der Waals surface area contributed by atoms with Crippen LogP contribution in [-0.2, 0) is 6.54 Å². The Kier molecular flexibility index (Phi) is 5.33. The topological polar surface area (TPSA) is 76.6 Å². The van der Waals surface area contributed by atoms with Crippen molar-refractivity contribution < 1.29 is 14.3 Å². The Hall–Kier alpha value is -2.83. The smallest absolute Gasteiger partial charge is 0.255 e. The zero-order valence-electron chi connectivity index (χ0n) is 14.5. The van der Waals surface area contributed by atoms with Crippen molar-refractivity contribution in [3.63, 3.8) is 0 Å². The highest BCUT2D eigenvalue weighted by atomic mass is 16.5. The number of nitrogens with one attached hydrogen (secondary N) is 1. The Labute approximate surface area is 147 Å². The number of nitrogens with zero attached hydrogens (tertiary/aromatic N) is 3. The quantitative estimate of drug-likeness (QED) is 0.865. The van der Waals surface area contributed by atoms with Crippen LogP contribution in [0.5, 0.6) is 11.5 Å². The van der Waals surface area contributed by atoms with E-state index in [1.165, 1.54) is 20.0 Å². The molecule has 0 radical (unpaired) electrons. The molecule has 7 nitrogen and oxygen atoms in total. The summed E-state index contributed by atoms with van der Waals surface area (Å²) >= 11 is 0. The lowest BCUT2D eigenvalue weighted by molar-refractivity contribution is 0.0946. The van der Waals surface area contributed by atoms with Gasteiger partial charge in [-0.1, -0.05) is 6.07 Å².